The third-order valence-electron chi connectivity index (χ3n) is 6.11. The van der Waals surface area contributed by atoms with Crippen molar-refractivity contribution in [2.75, 3.05) is 37.5 Å². The number of aromatic nitrogens is 2. The minimum Gasteiger partial charge on any atom is -0.365 e. The average molecular weight is 435 g/mol. The Hall–Kier alpha value is -2.10. The Morgan fingerprint density at radius 3 is 2.60 bits per heavy atom. The molecule has 0 bridgehead atoms. The van der Waals surface area contributed by atoms with Gasteiger partial charge in [0.05, 0.1) is 5.54 Å². The number of benzene rings is 1. The van der Waals surface area contributed by atoms with E-state index in [4.69, 9.17) is 11.5 Å². The Bertz CT molecular complexity index is 848. The van der Waals surface area contributed by atoms with Crippen molar-refractivity contribution in [3.63, 3.8) is 0 Å². The molecule has 2 aromatic rings. The highest BCUT2D eigenvalue weighted by atomic mass is 32.2. The molecule has 164 valence electrons. The maximum Gasteiger partial charge on any atom is 0.254 e. The van der Waals surface area contributed by atoms with Gasteiger partial charge in [0.15, 0.2) is 5.82 Å². The summed E-state index contributed by atoms with van der Waals surface area (Å²) in [6.07, 6.45) is 7.63. The van der Waals surface area contributed by atoms with E-state index in [1.807, 2.05) is 16.4 Å². The molecule has 1 aromatic carbocycles. The van der Waals surface area contributed by atoms with Crippen molar-refractivity contribution in [2.45, 2.75) is 37.3 Å². The summed E-state index contributed by atoms with van der Waals surface area (Å²) < 4.78 is 15.0. The molecule has 9 heteroatoms. The van der Waals surface area contributed by atoms with Gasteiger partial charge in [0.25, 0.3) is 5.91 Å². The van der Waals surface area contributed by atoms with Crippen molar-refractivity contribution in [3.05, 3.63) is 41.8 Å². The van der Waals surface area contributed by atoms with Crippen LogP contribution in [0.4, 0.5) is 15.9 Å². The van der Waals surface area contributed by atoms with Gasteiger partial charge in [-0.25, -0.2) is 4.39 Å². The van der Waals surface area contributed by atoms with Gasteiger partial charge in [0, 0.05) is 36.8 Å². The molecule has 0 radical (unpaired) electrons. The number of hydrogen-bond donors (Lipinski definition) is 3. The third-order valence-corrected chi connectivity index (χ3v) is 6.70. The molecule has 0 spiro atoms. The van der Waals surface area contributed by atoms with Crippen LogP contribution in [-0.2, 0) is 5.54 Å². The van der Waals surface area contributed by atoms with Gasteiger partial charge in [0.1, 0.15) is 11.4 Å². The summed E-state index contributed by atoms with van der Waals surface area (Å²) in [6, 6.07) is 6.40. The van der Waals surface area contributed by atoms with Gasteiger partial charge < -0.3 is 21.7 Å². The molecule has 1 aliphatic rings. The lowest BCUT2D eigenvalue weighted by atomic mass is 9.79. The molecule has 5 N–H and O–H groups in total. The number of nitrogens with zero attached hydrogens (tertiary/aromatic N) is 3. The molecule has 1 amide bonds. The number of nitrogens with two attached hydrogens (primary N) is 2. The predicted octanol–water partition coefficient (Wildman–Crippen LogP) is 2.76. The van der Waals surface area contributed by atoms with E-state index in [1.54, 1.807) is 18.3 Å². The first kappa shape index (κ1) is 22.6. The number of amides is 1. The number of carbonyl (C=O) groups excluding carboxylic acids is 1. The quantitative estimate of drug-likeness (QED) is 0.561. The summed E-state index contributed by atoms with van der Waals surface area (Å²) in [4.78, 5) is 14.5. The highest BCUT2D eigenvalue weighted by molar-refractivity contribution is 7.98. The fourth-order valence-corrected chi connectivity index (χ4v) is 4.56. The topological polar surface area (TPSA) is 102 Å². The van der Waals surface area contributed by atoms with Crippen molar-refractivity contribution in [2.24, 2.45) is 11.5 Å². The number of halogens is 1. The molecule has 1 aliphatic carbocycles. The van der Waals surface area contributed by atoms with Crippen LogP contribution in [0.3, 0.4) is 0 Å². The van der Waals surface area contributed by atoms with Gasteiger partial charge in [-0.1, -0.05) is 0 Å². The van der Waals surface area contributed by atoms with Crippen LogP contribution in [0.15, 0.2) is 30.5 Å². The molecule has 3 rings (SSSR count). The second-order valence-electron chi connectivity index (χ2n) is 7.97. The Morgan fingerprint density at radius 1 is 1.37 bits per heavy atom. The van der Waals surface area contributed by atoms with Gasteiger partial charge in [-0.3, -0.25) is 9.48 Å². The van der Waals surface area contributed by atoms with Crippen LogP contribution in [0.25, 0.3) is 0 Å². The molecule has 0 aliphatic heterocycles. The number of hydrogen-bond acceptors (Lipinski definition) is 6. The summed E-state index contributed by atoms with van der Waals surface area (Å²) in [6.45, 7) is 1.50. The lowest BCUT2D eigenvalue weighted by molar-refractivity contribution is 0.0997. The van der Waals surface area contributed by atoms with Crippen molar-refractivity contribution in [3.8, 4) is 0 Å². The van der Waals surface area contributed by atoms with Crippen molar-refractivity contribution >= 4 is 29.2 Å². The maximum absolute atomic E-state index is 13.2. The van der Waals surface area contributed by atoms with Crippen LogP contribution in [-0.4, -0.2) is 58.8 Å². The van der Waals surface area contributed by atoms with E-state index < -0.39 is 5.91 Å². The van der Waals surface area contributed by atoms with E-state index in [2.05, 4.69) is 28.6 Å². The summed E-state index contributed by atoms with van der Waals surface area (Å²) in [5.41, 5.74) is 12.4. The molecule has 0 unspecified atom stereocenters. The standard InChI is InChI=1S/C21H31FN6OS/c1-27(11-12-30-2)17-7-9-21(14-23,10-8-17)28-13-18(19(24)29)20(26-28)25-16-5-3-15(22)4-6-16/h3-6,13,17H,7-12,14,23H2,1-2H3,(H2,24,29)(H,25,26). The molecule has 1 fully saturated rings. The fraction of sp³-hybridized carbons (Fsp3) is 0.524. The fourth-order valence-electron chi connectivity index (χ4n) is 4.08. The normalized spacial score (nSPS) is 21.7. The summed E-state index contributed by atoms with van der Waals surface area (Å²) in [7, 11) is 2.18. The zero-order valence-electron chi connectivity index (χ0n) is 17.6. The summed E-state index contributed by atoms with van der Waals surface area (Å²) in [5, 5.41) is 7.73. The molecular formula is C21H31FN6OS. The average Bonchev–Trinajstić information content (AvgIpc) is 3.18. The van der Waals surface area contributed by atoms with Gasteiger partial charge in [-0.2, -0.15) is 16.9 Å². The van der Waals surface area contributed by atoms with E-state index in [0.717, 1.165) is 38.0 Å². The molecule has 7 nitrogen and oxygen atoms in total. The van der Waals surface area contributed by atoms with Crippen molar-refractivity contribution < 1.29 is 9.18 Å². The van der Waals surface area contributed by atoms with Gasteiger partial charge in [-0.15, -0.1) is 0 Å². The zero-order chi connectivity index (χ0) is 21.7. The molecule has 0 atom stereocenters. The highest BCUT2D eigenvalue weighted by Gasteiger charge is 2.38. The monoisotopic (exact) mass is 434 g/mol. The molecule has 0 saturated heterocycles. The van der Waals surface area contributed by atoms with Crippen LogP contribution in [0.5, 0.6) is 0 Å². The number of thioether (sulfide) groups is 1. The minimum atomic E-state index is -0.566. The number of anilines is 2. The third kappa shape index (κ3) is 4.96. The van der Waals surface area contributed by atoms with E-state index in [0.29, 0.717) is 29.7 Å². The summed E-state index contributed by atoms with van der Waals surface area (Å²) in [5.74, 6) is 0.585. The van der Waals surface area contributed by atoms with E-state index in [9.17, 15) is 9.18 Å². The van der Waals surface area contributed by atoms with Crippen molar-refractivity contribution in [1.82, 2.24) is 14.7 Å². The lowest BCUT2D eigenvalue weighted by Gasteiger charge is -2.42. The predicted molar refractivity (Wildman–Crippen MR) is 121 cm³/mol. The highest BCUT2D eigenvalue weighted by Crippen LogP contribution is 2.37. The zero-order valence-corrected chi connectivity index (χ0v) is 18.4. The van der Waals surface area contributed by atoms with Crippen LogP contribution >= 0.6 is 11.8 Å². The summed E-state index contributed by atoms with van der Waals surface area (Å²) >= 11 is 1.86. The van der Waals surface area contributed by atoms with Crippen LogP contribution < -0.4 is 16.8 Å². The first-order chi connectivity index (χ1) is 14.4. The largest absolute Gasteiger partial charge is 0.365 e. The number of primary amides is 1. The Labute approximate surface area is 181 Å². The van der Waals surface area contributed by atoms with Crippen LogP contribution in [0, 0.1) is 5.82 Å². The Morgan fingerprint density at radius 2 is 2.03 bits per heavy atom. The lowest BCUT2D eigenvalue weighted by Crippen LogP contribution is -2.48. The molecular weight excluding hydrogens is 403 g/mol. The molecule has 1 heterocycles. The molecule has 1 saturated carbocycles. The second kappa shape index (κ2) is 9.80. The van der Waals surface area contributed by atoms with Crippen LogP contribution in [0.1, 0.15) is 36.0 Å². The van der Waals surface area contributed by atoms with Gasteiger partial charge in [-0.05, 0) is 63.3 Å². The van der Waals surface area contributed by atoms with E-state index in [-0.39, 0.29) is 11.4 Å². The maximum atomic E-state index is 13.2. The minimum absolute atomic E-state index is 0.298. The van der Waals surface area contributed by atoms with Gasteiger partial charge >= 0.3 is 0 Å². The van der Waals surface area contributed by atoms with Crippen molar-refractivity contribution in [1.29, 1.82) is 0 Å². The number of carbonyl (C=O) groups is 1. The molecule has 30 heavy (non-hydrogen) atoms. The molecule has 1 aromatic heterocycles. The SMILES string of the molecule is CSCCN(C)C1CCC(CN)(n2cc(C(N)=O)c(Nc3ccc(F)cc3)n2)CC1. The number of nitrogens with one attached hydrogen (secondary N) is 1. The smallest absolute Gasteiger partial charge is 0.254 e. The first-order valence-electron chi connectivity index (χ1n) is 10.2. The van der Waals surface area contributed by atoms with E-state index in [1.165, 1.54) is 12.1 Å². The Balaban J connectivity index is 1.80. The van der Waals surface area contributed by atoms with E-state index >= 15 is 0 Å². The number of rotatable bonds is 9. The first-order valence-corrected chi connectivity index (χ1v) is 11.6. The van der Waals surface area contributed by atoms with Gasteiger partial charge in [0.2, 0.25) is 0 Å². The second-order valence-corrected chi connectivity index (χ2v) is 8.95. The van der Waals surface area contributed by atoms with Crippen LogP contribution in [0.2, 0.25) is 0 Å². The Kier molecular flexibility index (Phi) is 7.38.